The highest BCUT2D eigenvalue weighted by atomic mass is 35.5. The van der Waals surface area contributed by atoms with E-state index in [0.717, 1.165) is 35.9 Å². The predicted molar refractivity (Wildman–Crippen MR) is 73.2 cm³/mol. The van der Waals surface area contributed by atoms with Gasteiger partial charge < -0.3 is 10.2 Å². The summed E-state index contributed by atoms with van der Waals surface area (Å²) in [6.45, 7) is 6.60. The van der Waals surface area contributed by atoms with Crippen LogP contribution >= 0.6 is 11.6 Å². The number of fused-ring (bicyclic) bond motifs is 1. The molecule has 0 unspecified atom stereocenters. The van der Waals surface area contributed by atoms with Gasteiger partial charge in [0.15, 0.2) is 0 Å². The molecule has 1 amide bonds. The molecule has 3 nitrogen and oxygen atoms in total. The van der Waals surface area contributed by atoms with Crippen LogP contribution in [0.15, 0.2) is 18.2 Å². The monoisotopic (exact) mass is 264 g/mol. The van der Waals surface area contributed by atoms with Gasteiger partial charge in [0.25, 0.3) is 0 Å². The van der Waals surface area contributed by atoms with Crippen LogP contribution in [0.4, 0.5) is 5.69 Å². The molecule has 3 rings (SSSR count). The first-order valence-electron chi connectivity index (χ1n) is 6.32. The molecular formula is C14H17ClN2O. The van der Waals surface area contributed by atoms with E-state index in [9.17, 15) is 4.79 Å². The highest BCUT2D eigenvalue weighted by Crippen LogP contribution is 2.44. The van der Waals surface area contributed by atoms with E-state index in [1.165, 1.54) is 0 Å². The van der Waals surface area contributed by atoms with E-state index in [4.69, 9.17) is 11.6 Å². The number of nitrogens with zero attached hydrogens (tertiary/aromatic N) is 1. The lowest BCUT2D eigenvalue weighted by atomic mass is 9.87. The van der Waals surface area contributed by atoms with Gasteiger partial charge in [0.2, 0.25) is 5.91 Å². The molecule has 0 bridgehead atoms. The van der Waals surface area contributed by atoms with E-state index in [0.29, 0.717) is 0 Å². The summed E-state index contributed by atoms with van der Waals surface area (Å²) in [4.78, 5) is 14.3. The zero-order valence-corrected chi connectivity index (χ0v) is 11.4. The standard InChI is InChI=1S/C14H17ClN2O/c1-14(2)8-17(13(18)9-6-16-7-9)11-5-3-4-10(15)12(11)14/h3-5,9,16H,6-8H2,1-2H3. The molecule has 2 heterocycles. The Morgan fingerprint density at radius 3 is 2.78 bits per heavy atom. The van der Waals surface area contributed by atoms with Crippen LogP contribution in [-0.4, -0.2) is 25.5 Å². The molecular weight excluding hydrogens is 248 g/mol. The molecule has 18 heavy (non-hydrogen) atoms. The number of amides is 1. The van der Waals surface area contributed by atoms with Gasteiger partial charge in [-0.05, 0) is 12.1 Å². The van der Waals surface area contributed by atoms with Crippen molar-refractivity contribution in [2.45, 2.75) is 19.3 Å². The maximum absolute atomic E-state index is 12.4. The summed E-state index contributed by atoms with van der Waals surface area (Å²) in [6, 6.07) is 5.82. The number of hydrogen-bond donors (Lipinski definition) is 1. The molecule has 0 aromatic heterocycles. The minimum Gasteiger partial charge on any atom is -0.315 e. The van der Waals surface area contributed by atoms with Gasteiger partial charge in [0.05, 0.1) is 5.92 Å². The van der Waals surface area contributed by atoms with Crippen molar-refractivity contribution in [3.63, 3.8) is 0 Å². The van der Waals surface area contributed by atoms with Crippen molar-refractivity contribution in [2.24, 2.45) is 5.92 Å². The minimum absolute atomic E-state index is 0.0689. The Morgan fingerprint density at radius 1 is 1.44 bits per heavy atom. The molecule has 0 radical (unpaired) electrons. The average molecular weight is 265 g/mol. The first kappa shape index (κ1) is 12.0. The molecule has 0 atom stereocenters. The number of carbonyl (C=O) groups excluding carboxylic acids is 1. The van der Waals surface area contributed by atoms with E-state index >= 15 is 0 Å². The molecule has 96 valence electrons. The summed E-state index contributed by atoms with van der Waals surface area (Å²) >= 11 is 6.30. The molecule has 0 spiro atoms. The molecule has 0 aliphatic carbocycles. The maximum atomic E-state index is 12.4. The predicted octanol–water partition coefficient (Wildman–Crippen LogP) is 2.18. The Bertz CT molecular complexity index is 509. The second kappa shape index (κ2) is 3.97. The van der Waals surface area contributed by atoms with Gasteiger partial charge in [-0.25, -0.2) is 0 Å². The quantitative estimate of drug-likeness (QED) is 0.843. The summed E-state index contributed by atoms with van der Waals surface area (Å²) in [6.07, 6.45) is 0. The number of carbonyl (C=O) groups is 1. The molecule has 4 heteroatoms. The van der Waals surface area contributed by atoms with Crippen molar-refractivity contribution in [3.8, 4) is 0 Å². The van der Waals surface area contributed by atoms with Gasteiger partial charge in [-0.2, -0.15) is 0 Å². The fourth-order valence-corrected chi connectivity index (χ4v) is 3.27. The SMILES string of the molecule is CC1(C)CN(C(=O)C2CNC2)c2cccc(Cl)c21. The van der Waals surface area contributed by atoms with Crippen LogP contribution in [0.1, 0.15) is 19.4 Å². The number of rotatable bonds is 1. The largest absolute Gasteiger partial charge is 0.315 e. The van der Waals surface area contributed by atoms with Crippen molar-refractivity contribution >= 4 is 23.2 Å². The van der Waals surface area contributed by atoms with Crippen molar-refractivity contribution in [1.82, 2.24) is 5.32 Å². The molecule has 1 aromatic carbocycles. The van der Waals surface area contributed by atoms with Gasteiger partial charge in [-0.1, -0.05) is 31.5 Å². The Hall–Kier alpha value is -1.06. The van der Waals surface area contributed by atoms with E-state index in [1.54, 1.807) is 0 Å². The summed E-state index contributed by atoms with van der Waals surface area (Å²) < 4.78 is 0. The minimum atomic E-state index is -0.0689. The first-order valence-corrected chi connectivity index (χ1v) is 6.69. The fraction of sp³-hybridized carbons (Fsp3) is 0.500. The third kappa shape index (κ3) is 1.65. The zero-order valence-electron chi connectivity index (χ0n) is 10.7. The zero-order chi connectivity index (χ0) is 12.9. The normalized spacial score (nSPS) is 21.6. The molecule has 1 saturated heterocycles. The Labute approximate surface area is 112 Å². The number of hydrogen-bond acceptors (Lipinski definition) is 2. The lowest BCUT2D eigenvalue weighted by Gasteiger charge is -2.31. The number of nitrogens with one attached hydrogen (secondary N) is 1. The van der Waals surface area contributed by atoms with Gasteiger partial charge in [0, 0.05) is 41.3 Å². The van der Waals surface area contributed by atoms with Crippen molar-refractivity contribution in [1.29, 1.82) is 0 Å². The lowest BCUT2D eigenvalue weighted by Crippen LogP contribution is -2.52. The lowest BCUT2D eigenvalue weighted by molar-refractivity contribution is -0.123. The summed E-state index contributed by atoms with van der Waals surface area (Å²) in [5, 5.41) is 3.91. The van der Waals surface area contributed by atoms with Crippen LogP contribution in [0.3, 0.4) is 0 Å². The summed E-state index contributed by atoms with van der Waals surface area (Å²) in [5.41, 5.74) is 2.03. The molecule has 2 aliphatic rings. The number of halogens is 1. The number of benzene rings is 1. The highest BCUT2D eigenvalue weighted by molar-refractivity contribution is 6.32. The van der Waals surface area contributed by atoms with Gasteiger partial charge >= 0.3 is 0 Å². The van der Waals surface area contributed by atoms with E-state index < -0.39 is 0 Å². The molecule has 1 aromatic rings. The van der Waals surface area contributed by atoms with Crippen LogP contribution < -0.4 is 10.2 Å². The van der Waals surface area contributed by atoms with Gasteiger partial charge in [0.1, 0.15) is 0 Å². The Balaban J connectivity index is 2.01. The molecule has 0 saturated carbocycles. The Kier molecular flexibility index (Phi) is 2.65. The third-order valence-electron chi connectivity index (χ3n) is 3.91. The van der Waals surface area contributed by atoms with Crippen LogP contribution in [0.2, 0.25) is 5.02 Å². The molecule has 2 aliphatic heterocycles. The topological polar surface area (TPSA) is 32.3 Å². The smallest absolute Gasteiger partial charge is 0.232 e. The van der Waals surface area contributed by atoms with Crippen LogP contribution in [0.5, 0.6) is 0 Å². The van der Waals surface area contributed by atoms with Gasteiger partial charge in [-0.15, -0.1) is 0 Å². The van der Waals surface area contributed by atoms with Crippen molar-refractivity contribution in [3.05, 3.63) is 28.8 Å². The number of anilines is 1. The average Bonchev–Trinajstić information content (AvgIpc) is 2.49. The summed E-state index contributed by atoms with van der Waals surface area (Å²) in [7, 11) is 0. The van der Waals surface area contributed by atoms with E-state index in [-0.39, 0.29) is 17.2 Å². The second-order valence-corrected chi connectivity index (χ2v) is 6.20. The first-order chi connectivity index (χ1) is 8.50. The second-order valence-electron chi connectivity index (χ2n) is 5.80. The van der Waals surface area contributed by atoms with E-state index in [2.05, 4.69) is 19.2 Å². The Morgan fingerprint density at radius 2 is 2.17 bits per heavy atom. The maximum Gasteiger partial charge on any atom is 0.232 e. The molecule has 1 N–H and O–H groups in total. The third-order valence-corrected chi connectivity index (χ3v) is 4.22. The van der Waals surface area contributed by atoms with Crippen LogP contribution in [0, 0.1) is 5.92 Å². The van der Waals surface area contributed by atoms with Crippen molar-refractivity contribution < 1.29 is 4.79 Å². The van der Waals surface area contributed by atoms with Gasteiger partial charge in [-0.3, -0.25) is 4.79 Å². The molecule has 1 fully saturated rings. The highest BCUT2D eigenvalue weighted by Gasteiger charge is 2.42. The van der Waals surface area contributed by atoms with E-state index in [1.807, 2.05) is 23.1 Å². The van der Waals surface area contributed by atoms with Crippen LogP contribution in [0.25, 0.3) is 0 Å². The van der Waals surface area contributed by atoms with Crippen molar-refractivity contribution in [2.75, 3.05) is 24.5 Å². The van der Waals surface area contributed by atoms with Crippen LogP contribution in [-0.2, 0) is 10.2 Å². The summed E-state index contributed by atoms with van der Waals surface area (Å²) in [5.74, 6) is 0.355. The fourth-order valence-electron chi connectivity index (χ4n) is 2.85.